The summed E-state index contributed by atoms with van der Waals surface area (Å²) < 4.78 is 2.30. The molecule has 142 valence electrons. The predicted octanol–water partition coefficient (Wildman–Crippen LogP) is 2.89. The predicted molar refractivity (Wildman–Crippen MR) is 104 cm³/mol. The molecule has 1 N–H and O–H groups in total. The fourth-order valence-corrected chi connectivity index (χ4v) is 4.01. The molecular weight excluding hydrogens is 338 g/mol. The lowest BCUT2D eigenvalue weighted by atomic mass is 9.90. The molecule has 4 rings (SSSR count). The van der Waals surface area contributed by atoms with Crippen molar-refractivity contribution in [2.24, 2.45) is 0 Å². The van der Waals surface area contributed by atoms with Crippen LogP contribution in [0.5, 0.6) is 0 Å². The highest BCUT2D eigenvalue weighted by Gasteiger charge is 2.27. The lowest BCUT2D eigenvalue weighted by molar-refractivity contribution is 0.170. The average molecular weight is 365 g/mol. The zero-order valence-electron chi connectivity index (χ0n) is 16.0. The number of hydrogen-bond donors (Lipinski definition) is 1. The van der Waals surface area contributed by atoms with E-state index in [0.29, 0.717) is 12.0 Å². The molecule has 3 aromatic rings. The summed E-state index contributed by atoms with van der Waals surface area (Å²) in [4.78, 5) is 7.37. The third kappa shape index (κ3) is 3.93. The molecule has 7 nitrogen and oxygen atoms in total. The van der Waals surface area contributed by atoms with Crippen molar-refractivity contribution in [1.29, 1.82) is 0 Å². The molecule has 1 fully saturated rings. The average Bonchev–Trinajstić information content (AvgIpc) is 3.37. The summed E-state index contributed by atoms with van der Waals surface area (Å²) in [6.45, 7) is 7.67. The van der Waals surface area contributed by atoms with Gasteiger partial charge in [-0.25, -0.2) is 4.98 Å². The Bertz CT molecular complexity index is 831. The number of rotatable bonds is 6. The summed E-state index contributed by atoms with van der Waals surface area (Å²) in [5, 5.41) is 14.3. The molecule has 0 atom stereocenters. The van der Waals surface area contributed by atoms with Crippen LogP contribution in [0.15, 0.2) is 36.7 Å². The Hall–Kier alpha value is -2.54. The number of nitrogens with one attached hydrogen (secondary N) is 1. The Morgan fingerprint density at radius 2 is 1.93 bits per heavy atom. The number of benzene rings is 1. The van der Waals surface area contributed by atoms with Gasteiger partial charge in [-0.15, -0.1) is 10.2 Å². The van der Waals surface area contributed by atoms with E-state index in [1.807, 2.05) is 6.33 Å². The summed E-state index contributed by atoms with van der Waals surface area (Å²) in [7, 11) is 0. The quantitative estimate of drug-likeness (QED) is 0.727. The highest BCUT2D eigenvalue weighted by atomic mass is 15.5. The summed E-state index contributed by atoms with van der Waals surface area (Å²) >= 11 is 0. The number of H-pyrrole nitrogens is 1. The number of aryl methyl sites for hydroxylation is 2. The molecule has 0 amide bonds. The van der Waals surface area contributed by atoms with Gasteiger partial charge in [0.2, 0.25) is 0 Å². The van der Waals surface area contributed by atoms with Gasteiger partial charge in [0.1, 0.15) is 0 Å². The summed E-state index contributed by atoms with van der Waals surface area (Å²) in [5.74, 6) is 1.27. The van der Waals surface area contributed by atoms with E-state index < -0.39 is 0 Å². The van der Waals surface area contributed by atoms with E-state index in [4.69, 9.17) is 4.98 Å². The molecule has 1 aliphatic heterocycles. The second-order valence-corrected chi connectivity index (χ2v) is 7.52. The van der Waals surface area contributed by atoms with E-state index in [1.165, 1.54) is 24.1 Å². The standard InChI is InChI=1S/C20H27N7/c1-15(2)26-11-8-17(9-12-26)20-19(16-6-4-3-5-7-16)21-14-27(20)13-10-18-22-24-25-23-18/h3-7,14-15,17H,8-13H2,1-2H3,(H,22,23,24,25). The third-order valence-electron chi connectivity index (χ3n) is 5.54. The number of piperidine rings is 1. The second-order valence-electron chi connectivity index (χ2n) is 7.52. The van der Waals surface area contributed by atoms with Gasteiger partial charge in [0.15, 0.2) is 5.82 Å². The van der Waals surface area contributed by atoms with Crippen LogP contribution < -0.4 is 0 Å². The van der Waals surface area contributed by atoms with Gasteiger partial charge in [-0.2, -0.15) is 5.21 Å². The van der Waals surface area contributed by atoms with Crippen molar-refractivity contribution in [2.45, 2.75) is 51.6 Å². The normalized spacial score (nSPS) is 16.3. The summed E-state index contributed by atoms with van der Waals surface area (Å²) in [5.41, 5.74) is 3.66. The van der Waals surface area contributed by atoms with Crippen molar-refractivity contribution >= 4 is 0 Å². The first-order valence-corrected chi connectivity index (χ1v) is 9.79. The highest BCUT2D eigenvalue weighted by Crippen LogP contribution is 2.35. The molecular formula is C20H27N7. The second kappa shape index (κ2) is 8.00. The number of hydrogen-bond acceptors (Lipinski definition) is 5. The van der Waals surface area contributed by atoms with Crippen LogP contribution in [-0.4, -0.2) is 54.2 Å². The van der Waals surface area contributed by atoms with Gasteiger partial charge in [-0.05, 0) is 39.8 Å². The zero-order valence-corrected chi connectivity index (χ0v) is 16.0. The van der Waals surface area contributed by atoms with Gasteiger partial charge >= 0.3 is 0 Å². The Morgan fingerprint density at radius 3 is 2.59 bits per heavy atom. The maximum atomic E-state index is 4.80. The van der Waals surface area contributed by atoms with E-state index in [0.717, 1.165) is 37.6 Å². The Labute approximate surface area is 159 Å². The van der Waals surface area contributed by atoms with Crippen LogP contribution in [0.25, 0.3) is 11.3 Å². The molecule has 1 aliphatic rings. The van der Waals surface area contributed by atoms with Crippen LogP contribution in [0, 0.1) is 0 Å². The minimum atomic E-state index is 0.531. The smallest absolute Gasteiger partial charge is 0.176 e. The maximum absolute atomic E-state index is 4.80. The summed E-state index contributed by atoms with van der Waals surface area (Å²) in [6.07, 6.45) is 5.07. The van der Waals surface area contributed by atoms with Gasteiger partial charge in [-0.3, -0.25) is 0 Å². The number of likely N-dealkylation sites (tertiary alicyclic amines) is 1. The van der Waals surface area contributed by atoms with Crippen molar-refractivity contribution < 1.29 is 0 Å². The maximum Gasteiger partial charge on any atom is 0.176 e. The lowest BCUT2D eigenvalue weighted by Crippen LogP contribution is -2.38. The van der Waals surface area contributed by atoms with Crippen LogP contribution in [0.3, 0.4) is 0 Å². The first-order valence-electron chi connectivity index (χ1n) is 9.79. The molecule has 1 aromatic carbocycles. The topological polar surface area (TPSA) is 75.5 Å². The zero-order chi connectivity index (χ0) is 18.6. The van der Waals surface area contributed by atoms with Crippen LogP contribution in [-0.2, 0) is 13.0 Å². The first kappa shape index (κ1) is 17.9. The van der Waals surface area contributed by atoms with Crippen molar-refractivity contribution in [3.63, 3.8) is 0 Å². The van der Waals surface area contributed by atoms with E-state index >= 15 is 0 Å². The lowest BCUT2D eigenvalue weighted by Gasteiger charge is -2.35. The molecule has 3 heterocycles. The van der Waals surface area contributed by atoms with Crippen LogP contribution in [0.4, 0.5) is 0 Å². The van der Waals surface area contributed by atoms with Crippen LogP contribution in [0.1, 0.15) is 44.1 Å². The minimum Gasteiger partial charge on any atom is -0.333 e. The molecule has 0 radical (unpaired) electrons. The number of tetrazole rings is 1. The SMILES string of the molecule is CC(C)N1CCC(c2c(-c3ccccc3)ncn2CCc2nn[nH]n2)CC1. The molecule has 1 saturated heterocycles. The van der Waals surface area contributed by atoms with Gasteiger partial charge < -0.3 is 9.47 Å². The number of aromatic amines is 1. The van der Waals surface area contributed by atoms with Crippen molar-refractivity contribution in [1.82, 2.24) is 35.1 Å². The fourth-order valence-electron chi connectivity index (χ4n) is 4.01. The first-order chi connectivity index (χ1) is 13.2. The Kier molecular flexibility index (Phi) is 5.29. The monoisotopic (exact) mass is 365 g/mol. The molecule has 0 aliphatic carbocycles. The molecule has 0 unspecified atom stereocenters. The van der Waals surface area contributed by atoms with Gasteiger partial charge in [0.05, 0.1) is 12.0 Å². The van der Waals surface area contributed by atoms with E-state index in [2.05, 4.69) is 74.3 Å². The van der Waals surface area contributed by atoms with E-state index in [1.54, 1.807) is 0 Å². The minimum absolute atomic E-state index is 0.531. The molecule has 0 saturated carbocycles. The van der Waals surface area contributed by atoms with Crippen molar-refractivity contribution in [3.05, 3.63) is 48.2 Å². The Balaban J connectivity index is 1.61. The van der Waals surface area contributed by atoms with Crippen LogP contribution in [0.2, 0.25) is 0 Å². The van der Waals surface area contributed by atoms with Crippen molar-refractivity contribution in [2.75, 3.05) is 13.1 Å². The van der Waals surface area contributed by atoms with Crippen LogP contribution >= 0.6 is 0 Å². The molecule has 0 spiro atoms. The molecule has 7 heteroatoms. The molecule has 27 heavy (non-hydrogen) atoms. The van der Waals surface area contributed by atoms with Gasteiger partial charge in [-0.1, -0.05) is 35.5 Å². The molecule has 2 aromatic heterocycles. The van der Waals surface area contributed by atoms with E-state index in [9.17, 15) is 0 Å². The Morgan fingerprint density at radius 1 is 1.15 bits per heavy atom. The van der Waals surface area contributed by atoms with Crippen molar-refractivity contribution in [3.8, 4) is 11.3 Å². The molecule has 0 bridgehead atoms. The third-order valence-corrected chi connectivity index (χ3v) is 5.54. The number of nitrogens with zero attached hydrogens (tertiary/aromatic N) is 6. The van der Waals surface area contributed by atoms with Gasteiger partial charge in [0.25, 0.3) is 0 Å². The number of imidazole rings is 1. The van der Waals surface area contributed by atoms with E-state index in [-0.39, 0.29) is 0 Å². The fraction of sp³-hybridized carbons (Fsp3) is 0.500. The number of aromatic nitrogens is 6. The summed E-state index contributed by atoms with van der Waals surface area (Å²) in [6, 6.07) is 11.1. The highest BCUT2D eigenvalue weighted by molar-refractivity contribution is 5.62. The largest absolute Gasteiger partial charge is 0.333 e. The van der Waals surface area contributed by atoms with Gasteiger partial charge in [0, 0.05) is 36.2 Å².